The smallest absolute Gasteiger partial charge is 0.199 e. The van der Waals surface area contributed by atoms with Crippen molar-refractivity contribution in [2.75, 3.05) is 5.75 Å². The molecule has 0 atom stereocenters. The Bertz CT molecular complexity index is 587. The van der Waals surface area contributed by atoms with Crippen LogP contribution in [0.25, 0.3) is 10.1 Å². The van der Waals surface area contributed by atoms with Crippen molar-refractivity contribution in [2.45, 2.75) is 11.1 Å². The minimum atomic E-state index is -0.152. The summed E-state index contributed by atoms with van der Waals surface area (Å²) in [5.41, 5.74) is 0.149. The first-order chi connectivity index (χ1) is 7.77. The average Bonchev–Trinajstić information content (AvgIpc) is 2.30. The largest absolute Gasteiger partial charge is 0.298 e. The number of benzene rings is 1. The monoisotopic (exact) mass is 250 g/mol. The topological polar surface area (TPSA) is 34.1 Å². The van der Waals surface area contributed by atoms with Crippen LogP contribution in [0.4, 0.5) is 0 Å². The molecule has 0 saturated heterocycles. The van der Waals surface area contributed by atoms with E-state index >= 15 is 0 Å². The maximum Gasteiger partial charge on any atom is 0.199 e. The van der Waals surface area contributed by atoms with Gasteiger partial charge < -0.3 is 0 Å². The van der Waals surface area contributed by atoms with Gasteiger partial charge in [-0.2, -0.15) is 0 Å². The van der Waals surface area contributed by atoms with E-state index in [1.165, 1.54) is 11.3 Å². The fourth-order valence-corrected chi connectivity index (χ4v) is 3.76. The summed E-state index contributed by atoms with van der Waals surface area (Å²) in [5.74, 6) is 0.856. The molecule has 0 N–H and O–H groups in total. The Morgan fingerprint density at radius 1 is 1.38 bits per heavy atom. The number of hydrogen-bond donors (Lipinski definition) is 0. The van der Waals surface area contributed by atoms with Crippen molar-refractivity contribution in [3.8, 4) is 0 Å². The normalized spacial score (nSPS) is 10.6. The van der Waals surface area contributed by atoms with Gasteiger partial charge in [0, 0.05) is 10.1 Å². The number of carbonyl (C=O) groups excluding carboxylic acids is 1. The lowest BCUT2D eigenvalue weighted by Crippen LogP contribution is -2.08. The van der Waals surface area contributed by atoms with Crippen molar-refractivity contribution < 1.29 is 4.79 Å². The molecule has 2 nitrogen and oxygen atoms in total. The molecule has 0 spiro atoms. The van der Waals surface area contributed by atoms with Crippen LogP contribution in [0.1, 0.15) is 17.3 Å². The third-order valence-electron chi connectivity index (χ3n) is 2.19. The van der Waals surface area contributed by atoms with Gasteiger partial charge in [0.2, 0.25) is 0 Å². The van der Waals surface area contributed by atoms with E-state index in [-0.39, 0.29) is 5.43 Å². The molecule has 82 valence electrons. The number of rotatable bonds is 3. The molecule has 0 radical (unpaired) electrons. The van der Waals surface area contributed by atoms with Crippen molar-refractivity contribution in [1.29, 1.82) is 0 Å². The maximum atomic E-state index is 12.0. The summed E-state index contributed by atoms with van der Waals surface area (Å²) < 4.78 is 1.76. The van der Waals surface area contributed by atoms with Gasteiger partial charge in [-0.15, -0.1) is 23.1 Å². The molecule has 2 aromatic rings. The fraction of sp³-hybridized carbons (Fsp3) is 0.167. The molecule has 16 heavy (non-hydrogen) atoms. The molecule has 0 aliphatic carbocycles. The van der Waals surface area contributed by atoms with E-state index in [1.54, 1.807) is 17.8 Å². The van der Waals surface area contributed by atoms with Crippen molar-refractivity contribution in [3.63, 3.8) is 0 Å². The van der Waals surface area contributed by atoms with Gasteiger partial charge in [-0.1, -0.05) is 19.1 Å². The third-order valence-corrected chi connectivity index (χ3v) is 4.55. The van der Waals surface area contributed by atoms with Crippen LogP contribution in [0.2, 0.25) is 0 Å². The van der Waals surface area contributed by atoms with Crippen molar-refractivity contribution >= 4 is 39.5 Å². The number of hydrogen-bond acceptors (Lipinski definition) is 4. The predicted octanol–water partition coefficient (Wildman–Crippen LogP) is 3.19. The molecule has 0 amide bonds. The lowest BCUT2D eigenvalue weighted by Gasteiger charge is -2.03. The molecular weight excluding hydrogens is 240 g/mol. The lowest BCUT2D eigenvalue weighted by molar-refractivity contribution is 0.112. The first-order valence-corrected chi connectivity index (χ1v) is 6.72. The van der Waals surface area contributed by atoms with E-state index in [4.69, 9.17) is 0 Å². The molecular formula is C12H10O2S2. The van der Waals surface area contributed by atoms with E-state index in [2.05, 4.69) is 0 Å². The first-order valence-electron chi connectivity index (χ1n) is 4.91. The highest BCUT2D eigenvalue weighted by Crippen LogP contribution is 2.29. The third kappa shape index (κ3) is 1.90. The Morgan fingerprint density at radius 2 is 2.12 bits per heavy atom. The molecule has 1 aromatic carbocycles. The Morgan fingerprint density at radius 3 is 2.81 bits per heavy atom. The summed E-state index contributed by atoms with van der Waals surface area (Å²) in [6.45, 7) is 2.01. The van der Waals surface area contributed by atoms with Crippen LogP contribution in [0.15, 0.2) is 33.3 Å². The molecule has 0 unspecified atom stereocenters. The Balaban J connectivity index is 2.81. The van der Waals surface area contributed by atoms with Crippen LogP contribution in [0, 0.1) is 0 Å². The standard InChI is InChI=1S/C12H10O2S2/c1-2-15-12-9(7-13)11(14)8-5-3-4-6-10(8)16-12/h3-7H,2H2,1H3. The van der Waals surface area contributed by atoms with Crippen LogP contribution < -0.4 is 5.43 Å². The summed E-state index contributed by atoms with van der Waals surface area (Å²) in [4.78, 5) is 23.0. The maximum absolute atomic E-state index is 12.0. The van der Waals surface area contributed by atoms with Gasteiger partial charge in [0.25, 0.3) is 0 Å². The summed E-state index contributed by atoms with van der Waals surface area (Å²) in [6, 6.07) is 7.40. The average molecular weight is 250 g/mol. The van der Waals surface area contributed by atoms with Crippen molar-refractivity contribution in [3.05, 3.63) is 40.1 Å². The summed E-state index contributed by atoms with van der Waals surface area (Å²) in [6.07, 6.45) is 0.670. The van der Waals surface area contributed by atoms with Gasteiger partial charge in [-0.3, -0.25) is 9.59 Å². The SMILES string of the molecule is CCSc1sc2ccccc2c(=O)c1C=O. The fourth-order valence-electron chi connectivity index (χ4n) is 1.48. The van der Waals surface area contributed by atoms with E-state index in [1.807, 2.05) is 25.1 Å². The van der Waals surface area contributed by atoms with Gasteiger partial charge in [-0.25, -0.2) is 0 Å². The van der Waals surface area contributed by atoms with Crippen LogP contribution in [0.5, 0.6) is 0 Å². The van der Waals surface area contributed by atoms with Gasteiger partial charge in [0.1, 0.15) is 0 Å². The van der Waals surface area contributed by atoms with E-state index in [9.17, 15) is 9.59 Å². The Labute approximate surface area is 101 Å². The van der Waals surface area contributed by atoms with Gasteiger partial charge in [0.15, 0.2) is 11.7 Å². The molecule has 0 aliphatic rings. The van der Waals surface area contributed by atoms with Gasteiger partial charge in [0.05, 0.1) is 9.77 Å². The van der Waals surface area contributed by atoms with Crippen LogP contribution in [-0.4, -0.2) is 12.0 Å². The zero-order valence-electron chi connectivity index (χ0n) is 8.73. The second-order valence-electron chi connectivity index (χ2n) is 3.18. The molecule has 1 heterocycles. The van der Waals surface area contributed by atoms with Crippen LogP contribution in [-0.2, 0) is 0 Å². The molecule has 0 fully saturated rings. The quantitative estimate of drug-likeness (QED) is 0.619. The number of carbonyl (C=O) groups is 1. The highest BCUT2D eigenvalue weighted by molar-refractivity contribution is 8.01. The molecule has 2 rings (SSSR count). The van der Waals surface area contributed by atoms with Crippen LogP contribution in [0.3, 0.4) is 0 Å². The number of fused-ring (bicyclic) bond motifs is 1. The lowest BCUT2D eigenvalue weighted by atomic mass is 10.2. The van der Waals surface area contributed by atoms with E-state index in [0.29, 0.717) is 17.2 Å². The minimum Gasteiger partial charge on any atom is -0.298 e. The Kier molecular flexibility index (Phi) is 3.41. The highest BCUT2D eigenvalue weighted by Gasteiger charge is 2.11. The predicted molar refractivity (Wildman–Crippen MR) is 69.9 cm³/mol. The minimum absolute atomic E-state index is 0.152. The summed E-state index contributed by atoms with van der Waals surface area (Å²) in [5, 5.41) is 0.634. The number of thioether (sulfide) groups is 1. The molecule has 4 heteroatoms. The molecule has 1 aromatic heterocycles. The van der Waals surface area contributed by atoms with Crippen molar-refractivity contribution in [2.24, 2.45) is 0 Å². The molecule has 0 aliphatic heterocycles. The number of aldehydes is 1. The first kappa shape index (κ1) is 11.4. The van der Waals surface area contributed by atoms with E-state index in [0.717, 1.165) is 14.7 Å². The Hall–Kier alpha value is -1.13. The van der Waals surface area contributed by atoms with E-state index < -0.39 is 0 Å². The summed E-state index contributed by atoms with van der Waals surface area (Å²) >= 11 is 3.05. The van der Waals surface area contributed by atoms with Crippen molar-refractivity contribution in [1.82, 2.24) is 0 Å². The second-order valence-corrected chi connectivity index (χ2v) is 5.76. The molecule has 0 saturated carbocycles. The zero-order valence-corrected chi connectivity index (χ0v) is 10.4. The summed E-state index contributed by atoms with van der Waals surface area (Å²) in [7, 11) is 0. The molecule has 0 bridgehead atoms. The van der Waals surface area contributed by atoms with Crippen LogP contribution >= 0.6 is 23.1 Å². The highest BCUT2D eigenvalue weighted by atomic mass is 32.2. The second kappa shape index (κ2) is 4.80. The van der Waals surface area contributed by atoms with Gasteiger partial charge in [-0.05, 0) is 17.9 Å². The zero-order chi connectivity index (χ0) is 11.5. The van der Waals surface area contributed by atoms with Gasteiger partial charge >= 0.3 is 0 Å².